The monoisotopic (exact) mass is 366 g/mol. The zero-order valence-corrected chi connectivity index (χ0v) is 15.3. The average molecular weight is 366 g/mol. The van der Waals surface area contributed by atoms with E-state index in [2.05, 4.69) is 11.4 Å². The van der Waals surface area contributed by atoms with Gasteiger partial charge in [-0.1, -0.05) is 30.3 Å². The highest BCUT2D eigenvalue weighted by Crippen LogP contribution is 2.27. The number of ether oxygens (including phenoxy) is 1. The summed E-state index contributed by atoms with van der Waals surface area (Å²) in [6, 6.07) is 14.1. The number of para-hydroxylation sites is 1. The van der Waals surface area contributed by atoms with Gasteiger partial charge < -0.3 is 14.6 Å². The number of aryl methyl sites for hydroxylation is 1. The molecule has 3 aromatic rings. The lowest BCUT2D eigenvalue weighted by Gasteiger charge is -2.25. The fourth-order valence-electron chi connectivity index (χ4n) is 3.86. The smallest absolute Gasteiger partial charge is 0.240 e. The van der Waals surface area contributed by atoms with E-state index >= 15 is 0 Å². The van der Waals surface area contributed by atoms with Crippen molar-refractivity contribution in [1.82, 2.24) is 9.88 Å². The molecule has 0 radical (unpaired) electrons. The van der Waals surface area contributed by atoms with Crippen LogP contribution in [0.15, 0.2) is 54.7 Å². The number of amides is 1. The molecule has 1 aliphatic heterocycles. The summed E-state index contributed by atoms with van der Waals surface area (Å²) >= 11 is 0. The molecule has 1 saturated heterocycles. The van der Waals surface area contributed by atoms with Gasteiger partial charge in [0.05, 0.1) is 12.1 Å². The average Bonchev–Trinajstić information content (AvgIpc) is 3.30. The number of hydrogen-bond acceptors (Lipinski definition) is 2. The summed E-state index contributed by atoms with van der Waals surface area (Å²) in [5, 5.41) is 4.26. The second-order valence-corrected chi connectivity index (χ2v) is 7.11. The van der Waals surface area contributed by atoms with Crippen molar-refractivity contribution >= 4 is 16.8 Å². The predicted octanol–water partition coefficient (Wildman–Crippen LogP) is 4.13. The minimum absolute atomic E-state index is 0.0810. The quantitative estimate of drug-likeness (QED) is 0.738. The Labute approximate surface area is 157 Å². The third kappa shape index (κ3) is 3.74. The van der Waals surface area contributed by atoms with E-state index in [1.165, 1.54) is 12.1 Å². The van der Waals surface area contributed by atoms with E-state index < -0.39 is 0 Å². The van der Waals surface area contributed by atoms with Crippen LogP contribution in [-0.2, 0) is 16.1 Å². The standard InChI is InChI=1S/C22H23FN2O2/c1-15-13-25(19-6-3-2-5-18(15)19)14-21(26)24-22(20-7-4-12-27-20)16-8-10-17(23)11-9-16/h2-3,5-6,8-11,13,20,22H,4,7,12,14H2,1H3,(H,24,26). The molecule has 5 heteroatoms. The van der Waals surface area contributed by atoms with E-state index in [9.17, 15) is 9.18 Å². The number of benzene rings is 2. The maximum absolute atomic E-state index is 13.3. The van der Waals surface area contributed by atoms with Crippen molar-refractivity contribution in [2.24, 2.45) is 0 Å². The summed E-state index contributed by atoms with van der Waals surface area (Å²) < 4.78 is 21.1. The second kappa shape index (κ2) is 7.53. The molecule has 0 bridgehead atoms. The van der Waals surface area contributed by atoms with Gasteiger partial charge >= 0.3 is 0 Å². The van der Waals surface area contributed by atoms with Crippen LogP contribution in [-0.4, -0.2) is 23.2 Å². The number of rotatable bonds is 5. The van der Waals surface area contributed by atoms with Crippen molar-refractivity contribution in [3.8, 4) is 0 Å². The van der Waals surface area contributed by atoms with Crippen LogP contribution in [0, 0.1) is 12.7 Å². The first kappa shape index (κ1) is 17.7. The molecule has 0 spiro atoms. The topological polar surface area (TPSA) is 43.3 Å². The molecule has 1 fully saturated rings. The lowest BCUT2D eigenvalue weighted by atomic mass is 9.99. The van der Waals surface area contributed by atoms with Gasteiger partial charge in [-0.05, 0) is 49.1 Å². The van der Waals surface area contributed by atoms with Crippen LogP contribution in [0.1, 0.15) is 30.0 Å². The van der Waals surface area contributed by atoms with E-state index in [4.69, 9.17) is 4.74 Å². The van der Waals surface area contributed by atoms with E-state index in [1.807, 2.05) is 35.9 Å². The van der Waals surface area contributed by atoms with Crippen LogP contribution in [0.4, 0.5) is 4.39 Å². The number of fused-ring (bicyclic) bond motifs is 1. The summed E-state index contributed by atoms with van der Waals surface area (Å²) in [6.07, 6.45) is 3.78. The zero-order chi connectivity index (χ0) is 18.8. The summed E-state index contributed by atoms with van der Waals surface area (Å²) in [6.45, 7) is 2.98. The van der Waals surface area contributed by atoms with E-state index in [0.29, 0.717) is 6.61 Å². The van der Waals surface area contributed by atoms with E-state index in [1.54, 1.807) is 12.1 Å². The van der Waals surface area contributed by atoms with E-state index in [0.717, 1.165) is 34.9 Å². The number of carbonyl (C=O) groups excluding carboxylic acids is 1. The Balaban J connectivity index is 1.55. The number of nitrogens with one attached hydrogen (secondary N) is 1. The van der Waals surface area contributed by atoms with E-state index in [-0.39, 0.29) is 30.4 Å². The predicted molar refractivity (Wildman–Crippen MR) is 103 cm³/mol. The maximum Gasteiger partial charge on any atom is 0.240 e. The van der Waals surface area contributed by atoms with Crippen LogP contribution < -0.4 is 5.32 Å². The molecule has 2 aromatic carbocycles. The summed E-state index contributed by atoms with van der Waals surface area (Å²) in [5.41, 5.74) is 3.05. The minimum Gasteiger partial charge on any atom is -0.376 e. The van der Waals surface area contributed by atoms with Crippen molar-refractivity contribution < 1.29 is 13.9 Å². The molecular formula is C22H23FN2O2. The first-order valence-electron chi connectivity index (χ1n) is 9.33. The third-order valence-electron chi connectivity index (χ3n) is 5.18. The van der Waals surface area contributed by atoms with Gasteiger partial charge in [0.15, 0.2) is 0 Å². The normalized spacial score (nSPS) is 17.9. The Bertz CT molecular complexity index is 943. The van der Waals surface area contributed by atoms with Gasteiger partial charge in [0, 0.05) is 23.7 Å². The van der Waals surface area contributed by atoms with Crippen molar-refractivity contribution in [2.75, 3.05) is 6.61 Å². The highest BCUT2D eigenvalue weighted by Gasteiger charge is 2.29. The van der Waals surface area contributed by atoms with Crippen LogP contribution in [0.25, 0.3) is 10.9 Å². The molecule has 1 N–H and O–H groups in total. The Morgan fingerprint density at radius 1 is 1.26 bits per heavy atom. The van der Waals surface area contributed by atoms with Crippen LogP contribution in [0.3, 0.4) is 0 Å². The number of halogens is 1. The maximum atomic E-state index is 13.3. The minimum atomic E-state index is -0.287. The fraction of sp³-hybridized carbons (Fsp3) is 0.318. The lowest BCUT2D eigenvalue weighted by Crippen LogP contribution is -2.37. The first-order chi connectivity index (χ1) is 13.1. The van der Waals surface area contributed by atoms with Gasteiger partial charge in [0.2, 0.25) is 5.91 Å². The number of aromatic nitrogens is 1. The summed E-state index contributed by atoms with van der Waals surface area (Å²) in [4.78, 5) is 12.8. The van der Waals surface area contributed by atoms with Crippen LogP contribution in [0.2, 0.25) is 0 Å². The molecule has 1 amide bonds. The van der Waals surface area contributed by atoms with Gasteiger partial charge in [-0.15, -0.1) is 0 Å². The Hall–Kier alpha value is -2.66. The van der Waals surface area contributed by atoms with Crippen molar-refractivity contribution in [1.29, 1.82) is 0 Å². The molecule has 27 heavy (non-hydrogen) atoms. The van der Waals surface area contributed by atoms with Gasteiger partial charge in [0.1, 0.15) is 12.4 Å². The summed E-state index contributed by atoms with van der Waals surface area (Å²) in [5.74, 6) is -0.369. The Morgan fingerprint density at radius 3 is 2.78 bits per heavy atom. The molecular weight excluding hydrogens is 343 g/mol. The second-order valence-electron chi connectivity index (χ2n) is 7.11. The van der Waals surface area contributed by atoms with Gasteiger partial charge in [-0.25, -0.2) is 4.39 Å². The Kier molecular flexibility index (Phi) is 4.94. The fourth-order valence-corrected chi connectivity index (χ4v) is 3.86. The number of hydrogen-bond donors (Lipinski definition) is 1. The van der Waals surface area contributed by atoms with Gasteiger partial charge in [0.25, 0.3) is 0 Å². The largest absolute Gasteiger partial charge is 0.376 e. The molecule has 2 atom stereocenters. The van der Waals surface area contributed by atoms with Gasteiger partial charge in [-0.2, -0.15) is 0 Å². The first-order valence-corrected chi connectivity index (χ1v) is 9.33. The molecule has 2 heterocycles. The molecule has 0 aliphatic carbocycles. The highest BCUT2D eigenvalue weighted by molar-refractivity contribution is 5.86. The lowest BCUT2D eigenvalue weighted by molar-refractivity contribution is -0.123. The molecule has 0 saturated carbocycles. The SMILES string of the molecule is Cc1cn(CC(=O)NC(c2ccc(F)cc2)C2CCCO2)c2ccccc12. The third-order valence-corrected chi connectivity index (χ3v) is 5.18. The van der Waals surface area contributed by atoms with Crippen molar-refractivity contribution in [3.63, 3.8) is 0 Å². The molecule has 4 rings (SSSR count). The highest BCUT2D eigenvalue weighted by atomic mass is 19.1. The summed E-state index contributed by atoms with van der Waals surface area (Å²) in [7, 11) is 0. The molecule has 1 aliphatic rings. The van der Waals surface area contributed by atoms with Crippen LogP contribution >= 0.6 is 0 Å². The van der Waals surface area contributed by atoms with Gasteiger partial charge in [-0.3, -0.25) is 4.79 Å². The number of carbonyl (C=O) groups is 1. The molecule has 2 unspecified atom stereocenters. The Morgan fingerprint density at radius 2 is 2.04 bits per heavy atom. The van der Waals surface area contributed by atoms with Crippen molar-refractivity contribution in [3.05, 3.63) is 71.7 Å². The number of nitrogens with zero attached hydrogens (tertiary/aromatic N) is 1. The molecule has 4 nitrogen and oxygen atoms in total. The molecule has 1 aromatic heterocycles. The molecule has 140 valence electrons. The zero-order valence-electron chi connectivity index (χ0n) is 15.3. The van der Waals surface area contributed by atoms with Crippen molar-refractivity contribution in [2.45, 2.75) is 38.5 Å². The van der Waals surface area contributed by atoms with Crippen LogP contribution in [0.5, 0.6) is 0 Å².